The Hall–Kier alpha value is -3.88. The summed E-state index contributed by atoms with van der Waals surface area (Å²) in [5.74, 6) is -1.68. The maximum absolute atomic E-state index is 12.5. The third-order valence-corrected chi connectivity index (χ3v) is 11.1. The van der Waals surface area contributed by atoms with Gasteiger partial charge in [-0.05, 0) is 99.6 Å². The van der Waals surface area contributed by atoms with E-state index in [2.05, 4.69) is 37.7 Å². The lowest BCUT2D eigenvalue weighted by molar-refractivity contribution is -0.130. The number of hydrogen-bond acceptors (Lipinski definition) is 19. The lowest BCUT2D eigenvalue weighted by Crippen LogP contribution is -2.53. The van der Waals surface area contributed by atoms with Crippen molar-refractivity contribution < 1.29 is 60.7 Å². The molecule has 0 radical (unpaired) electrons. The summed E-state index contributed by atoms with van der Waals surface area (Å²) in [7, 11) is 0. The fourth-order valence-electron chi connectivity index (χ4n) is 7.29. The second-order valence-corrected chi connectivity index (χ2v) is 15.9. The van der Waals surface area contributed by atoms with Gasteiger partial charge in [0.2, 0.25) is 5.91 Å². The molecule has 1 heterocycles. The minimum Gasteiger partial charge on any atom is -0.394 e. The van der Waals surface area contributed by atoms with Crippen LogP contribution in [0.1, 0.15) is 71.3 Å². The number of aromatic nitrogens is 2. The number of hydrogen-bond donors (Lipinski definition) is 16. The molecule has 0 saturated heterocycles. The fraction of sp³-hybridized carbons (Fsp3) is 0.667. The van der Waals surface area contributed by atoms with Crippen molar-refractivity contribution in [1.82, 2.24) is 25.5 Å². The van der Waals surface area contributed by atoms with Crippen LogP contribution in [0.3, 0.4) is 0 Å². The van der Waals surface area contributed by atoms with Gasteiger partial charge in [-0.15, -0.1) is 0 Å². The monoisotopic (exact) mass is 900 g/mol. The largest absolute Gasteiger partial charge is 0.394 e. The number of carbonyl (C=O) groups excluding carboxylic acids is 2. The van der Waals surface area contributed by atoms with Crippen LogP contribution < -0.4 is 33.6 Å². The van der Waals surface area contributed by atoms with Gasteiger partial charge in [-0.25, -0.2) is 9.97 Å². The summed E-state index contributed by atoms with van der Waals surface area (Å²) in [4.78, 5) is 38.3. The smallest absolute Gasteiger partial charge is 0.280 e. The van der Waals surface area contributed by atoms with Crippen molar-refractivity contribution in [3.63, 3.8) is 0 Å². The average Bonchev–Trinajstić information content (AvgIpc) is 3.25. The number of carbonyl (C=O) groups is 2. The van der Waals surface area contributed by atoms with Gasteiger partial charge in [0.15, 0.2) is 28.4 Å². The maximum atomic E-state index is 12.5. The number of primary amides is 1. The number of aryl methyl sites for hydroxylation is 2. The first-order valence-electron chi connectivity index (χ1n) is 20.6. The zero-order valence-electron chi connectivity index (χ0n) is 34.6. The van der Waals surface area contributed by atoms with Gasteiger partial charge in [0, 0.05) is 19.6 Å². The Bertz CT molecular complexity index is 1740. The van der Waals surface area contributed by atoms with Gasteiger partial charge in [0.05, 0.1) is 31.5 Å². The van der Waals surface area contributed by atoms with Crippen LogP contribution in [0, 0.1) is 0 Å². The predicted octanol–water partition coefficient (Wildman–Crippen LogP) is -4.82. The molecule has 0 fully saturated rings. The van der Waals surface area contributed by atoms with Crippen LogP contribution in [-0.2, 0) is 30.5 Å². The highest BCUT2D eigenvalue weighted by molar-refractivity contribution is 6.31. The third-order valence-electron chi connectivity index (χ3n) is 10.9. The van der Waals surface area contributed by atoms with E-state index in [9.17, 15) is 50.4 Å². The minimum atomic E-state index is -1.91. The molecule has 1 aliphatic carbocycles. The van der Waals surface area contributed by atoms with Crippen molar-refractivity contribution in [3.8, 4) is 0 Å². The van der Waals surface area contributed by atoms with Gasteiger partial charge < -0.3 is 79.3 Å². The molecule has 3 rings (SSSR count). The second-order valence-electron chi connectivity index (χ2n) is 15.5. The van der Waals surface area contributed by atoms with E-state index in [4.69, 9.17) is 44.7 Å². The molecular formula is C39H65ClN10O12. The molecule has 1 aromatic heterocycles. The molecule has 2 aromatic rings. The molecule has 1 aromatic carbocycles. The number of guanidine groups is 1. The number of nitrogens with zero attached hydrogens (tertiary/aromatic N) is 4. The zero-order chi connectivity index (χ0) is 46.1. The quantitative estimate of drug-likeness (QED) is 0.0227. The van der Waals surface area contributed by atoms with E-state index in [0.29, 0.717) is 32.2 Å². The molecule has 2 amide bonds. The highest BCUT2D eigenvalue weighted by Gasteiger charge is 2.34. The molecule has 22 nitrogen and oxygen atoms in total. The number of amides is 2. The van der Waals surface area contributed by atoms with E-state index >= 15 is 0 Å². The van der Waals surface area contributed by atoms with Crippen LogP contribution in [0.2, 0.25) is 5.15 Å². The van der Waals surface area contributed by atoms with Gasteiger partial charge >= 0.3 is 0 Å². The first-order chi connectivity index (χ1) is 29.4. The predicted molar refractivity (Wildman–Crippen MR) is 228 cm³/mol. The Morgan fingerprint density at radius 1 is 0.758 bits per heavy atom. The van der Waals surface area contributed by atoms with Crippen molar-refractivity contribution >= 4 is 41.0 Å². The van der Waals surface area contributed by atoms with Crippen LogP contribution >= 0.6 is 11.6 Å². The standard InChI is InChI=1S/C39H65ClN10O12/c40-34-36(42)48-35(41)29(47-34)38(62)49-39(44)46-13-4-3-6-20-9-10-21(23-8-2-1-7-22(20)23)11-12-24(37(43)61)45-14-5-15-50(16-25(53)30(57)32(59)27(55)18-51)17-26(54)31(58)33(60)28(56)19-52/h9-10,24-28,30-33,45,51-60H,1-8,11-19H2,(H2,43,61)(H4,41,42,48)(H3,44,46,49,62)/t24-,25-,26-,27+,28+,30+,31+,32+,33+/m0/s1. The summed E-state index contributed by atoms with van der Waals surface area (Å²) < 4.78 is 0. The number of nitrogens with two attached hydrogens (primary N) is 4. The Labute approximate surface area is 364 Å². The number of unbranched alkanes of at least 4 members (excludes halogenated alkanes) is 1. The summed E-state index contributed by atoms with van der Waals surface area (Å²) in [5, 5.41) is 105. The van der Waals surface area contributed by atoms with Crippen molar-refractivity contribution in [2.75, 3.05) is 57.4 Å². The SMILES string of the molecule is NC(=O)[C@H](CCc1ccc(CCCCN=C(N)NC(=O)c2nc(Cl)c(N)nc2N)c2c1CCCC2)NCCCN(C[C@H](O)[C@@H](O)[C@H](O)[C@H](O)CO)C[C@H](O)[C@@H](O)[C@H](O)[C@H](O)CO. The Morgan fingerprint density at radius 2 is 1.29 bits per heavy atom. The van der Waals surface area contributed by atoms with Crippen molar-refractivity contribution in [1.29, 1.82) is 0 Å². The molecular weight excluding hydrogens is 836 g/mol. The van der Waals surface area contributed by atoms with Crippen molar-refractivity contribution in [2.45, 2.75) is 119 Å². The molecule has 1 aliphatic rings. The highest BCUT2D eigenvalue weighted by Crippen LogP contribution is 2.30. The molecule has 0 unspecified atom stereocenters. The number of aliphatic hydroxyl groups excluding tert-OH is 10. The number of anilines is 2. The van der Waals surface area contributed by atoms with Crippen molar-refractivity contribution in [2.24, 2.45) is 16.5 Å². The molecule has 0 spiro atoms. The summed E-state index contributed by atoms with van der Waals surface area (Å²) >= 11 is 5.85. The van der Waals surface area contributed by atoms with E-state index in [1.54, 1.807) is 0 Å². The van der Waals surface area contributed by atoms with Crippen LogP contribution in [0.15, 0.2) is 17.1 Å². The van der Waals surface area contributed by atoms with Gasteiger partial charge in [0.25, 0.3) is 5.91 Å². The Balaban J connectivity index is 1.56. The summed E-state index contributed by atoms with van der Waals surface area (Å²) in [6.07, 6.45) is -7.00. The topological polar surface area (TPSA) is 406 Å². The molecule has 0 bridgehead atoms. The number of rotatable bonds is 27. The van der Waals surface area contributed by atoms with Crippen LogP contribution in [0.25, 0.3) is 0 Å². The van der Waals surface area contributed by atoms with Crippen LogP contribution in [0.4, 0.5) is 11.6 Å². The highest BCUT2D eigenvalue weighted by atomic mass is 35.5. The van der Waals surface area contributed by atoms with E-state index in [0.717, 1.165) is 44.1 Å². The number of halogens is 1. The van der Waals surface area contributed by atoms with Gasteiger partial charge in [-0.2, -0.15) is 0 Å². The number of fused-ring (bicyclic) bond motifs is 1. The third kappa shape index (κ3) is 15.7. The zero-order valence-corrected chi connectivity index (χ0v) is 35.4. The lowest BCUT2D eigenvalue weighted by Gasteiger charge is -2.33. The van der Waals surface area contributed by atoms with Gasteiger partial charge in [-0.1, -0.05) is 23.7 Å². The number of aliphatic hydroxyl groups is 10. The molecule has 9 atom stereocenters. The number of aliphatic imine (C=N–C) groups is 1. The van der Waals surface area contributed by atoms with Crippen molar-refractivity contribution in [3.05, 3.63) is 45.2 Å². The lowest BCUT2D eigenvalue weighted by atomic mass is 9.82. The number of benzene rings is 1. The van der Waals surface area contributed by atoms with Gasteiger partial charge in [-0.3, -0.25) is 24.8 Å². The Morgan fingerprint density at radius 3 is 1.82 bits per heavy atom. The molecule has 20 N–H and O–H groups in total. The molecule has 0 saturated carbocycles. The number of nitrogen functional groups attached to an aromatic ring is 2. The Kier molecular flexibility index (Phi) is 22.0. The molecule has 23 heteroatoms. The van der Waals surface area contributed by atoms with Crippen LogP contribution in [0.5, 0.6) is 0 Å². The second kappa shape index (κ2) is 26.0. The molecule has 350 valence electrons. The minimum absolute atomic E-state index is 0.0834. The van der Waals surface area contributed by atoms with Crippen LogP contribution in [-0.4, -0.2) is 185 Å². The van der Waals surface area contributed by atoms with E-state index in [1.807, 2.05) is 0 Å². The van der Waals surface area contributed by atoms with Gasteiger partial charge in [0.1, 0.15) is 36.6 Å². The molecule has 62 heavy (non-hydrogen) atoms. The fourth-order valence-corrected chi connectivity index (χ4v) is 7.41. The van der Waals surface area contributed by atoms with E-state index < -0.39 is 93.0 Å². The summed E-state index contributed by atoms with van der Waals surface area (Å²) in [5.41, 5.74) is 27.7. The van der Waals surface area contributed by atoms with E-state index in [1.165, 1.54) is 21.6 Å². The first kappa shape index (κ1) is 52.5. The first-order valence-corrected chi connectivity index (χ1v) is 21.0. The molecule has 0 aliphatic heterocycles. The number of nitrogens with one attached hydrogen (secondary N) is 2. The average molecular weight is 901 g/mol. The summed E-state index contributed by atoms with van der Waals surface area (Å²) in [6.45, 7) is -1.90. The normalized spacial score (nSPS) is 17.6. The summed E-state index contributed by atoms with van der Waals surface area (Å²) in [6, 6.07) is 3.50. The van der Waals surface area contributed by atoms with E-state index in [-0.39, 0.29) is 41.5 Å². The maximum Gasteiger partial charge on any atom is 0.280 e.